The second-order valence-corrected chi connectivity index (χ2v) is 6.05. The molecule has 0 bridgehead atoms. The van der Waals surface area contributed by atoms with Crippen molar-refractivity contribution in [2.45, 2.75) is 26.7 Å². The van der Waals surface area contributed by atoms with E-state index < -0.39 is 5.91 Å². The van der Waals surface area contributed by atoms with Gasteiger partial charge in [0.2, 0.25) is 0 Å². The maximum Gasteiger partial charge on any atom is 0.262 e. The van der Waals surface area contributed by atoms with E-state index in [0.29, 0.717) is 11.5 Å². The molecule has 3 N–H and O–H groups in total. The Balaban J connectivity index is 1.64. The number of H-pyrrole nitrogens is 2. The normalized spacial score (nSPS) is 10.6. The summed E-state index contributed by atoms with van der Waals surface area (Å²) in [6.45, 7) is 3.85. The van der Waals surface area contributed by atoms with Crippen molar-refractivity contribution >= 4 is 11.7 Å². The molecule has 1 amide bonds. The molecule has 0 radical (unpaired) electrons. The highest BCUT2D eigenvalue weighted by Crippen LogP contribution is 2.13. The average molecular weight is 336 g/mol. The number of benzene rings is 1. The Hall–Kier alpha value is -3.15. The third-order valence-corrected chi connectivity index (χ3v) is 4.10. The standard InChI is InChI=1S/C19H20N4O2/c1-12-5-3-4-6-14(12)7-8-15-10-18(23-22-15)21-19(25)16-11-20-13(2)9-17(16)24/h3-6,9-11H,7-8H2,1-2H3,(H,20,24)(H2,21,22,23,25). The summed E-state index contributed by atoms with van der Waals surface area (Å²) in [5.41, 5.74) is 3.93. The molecule has 3 rings (SSSR count). The monoisotopic (exact) mass is 336 g/mol. The van der Waals surface area contributed by atoms with E-state index >= 15 is 0 Å². The Labute approximate surface area is 145 Å². The van der Waals surface area contributed by atoms with Crippen molar-refractivity contribution in [2.24, 2.45) is 0 Å². The number of aryl methyl sites for hydroxylation is 4. The van der Waals surface area contributed by atoms with Crippen LogP contribution in [-0.4, -0.2) is 21.1 Å². The molecule has 3 aromatic rings. The van der Waals surface area contributed by atoms with E-state index in [0.717, 1.165) is 18.5 Å². The minimum Gasteiger partial charge on any atom is -0.364 e. The zero-order valence-electron chi connectivity index (χ0n) is 14.2. The van der Waals surface area contributed by atoms with Crippen molar-refractivity contribution in [1.82, 2.24) is 15.2 Å². The Morgan fingerprint density at radius 1 is 1.16 bits per heavy atom. The molecular weight excluding hydrogens is 316 g/mol. The highest BCUT2D eigenvalue weighted by atomic mass is 16.2. The van der Waals surface area contributed by atoms with Crippen LogP contribution in [0.4, 0.5) is 5.82 Å². The third kappa shape index (κ3) is 4.03. The second kappa shape index (κ2) is 7.17. The molecule has 0 saturated carbocycles. The molecule has 0 aliphatic carbocycles. The van der Waals surface area contributed by atoms with E-state index in [4.69, 9.17) is 0 Å². The first kappa shape index (κ1) is 16.7. The highest BCUT2D eigenvalue weighted by Gasteiger charge is 2.12. The van der Waals surface area contributed by atoms with Crippen LogP contribution in [0.25, 0.3) is 0 Å². The van der Waals surface area contributed by atoms with Gasteiger partial charge in [-0.2, -0.15) is 5.10 Å². The predicted octanol–water partition coefficient (Wildman–Crippen LogP) is 2.75. The van der Waals surface area contributed by atoms with Crippen LogP contribution in [0.15, 0.2) is 47.4 Å². The summed E-state index contributed by atoms with van der Waals surface area (Å²) in [6.07, 6.45) is 3.09. The number of aromatic amines is 2. The van der Waals surface area contributed by atoms with Gasteiger partial charge in [-0.25, -0.2) is 0 Å². The third-order valence-electron chi connectivity index (χ3n) is 4.10. The summed E-state index contributed by atoms with van der Waals surface area (Å²) in [4.78, 5) is 26.9. The van der Waals surface area contributed by atoms with Crippen molar-refractivity contribution in [1.29, 1.82) is 0 Å². The maximum absolute atomic E-state index is 12.2. The number of rotatable bonds is 5. The average Bonchev–Trinajstić information content (AvgIpc) is 3.01. The van der Waals surface area contributed by atoms with Gasteiger partial charge in [0.05, 0.1) is 0 Å². The molecular formula is C19H20N4O2. The number of anilines is 1. The minimum atomic E-state index is -0.474. The van der Waals surface area contributed by atoms with Crippen LogP contribution < -0.4 is 10.7 Å². The summed E-state index contributed by atoms with van der Waals surface area (Å²) in [5, 5.41) is 9.67. The van der Waals surface area contributed by atoms with Crippen LogP contribution in [0.1, 0.15) is 32.9 Å². The highest BCUT2D eigenvalue weighted by molar-refractivity contribution is 6.03. The van der Waals surface area contributed by atoms with Crippen LogP contribution in [0.3, 0.4) is 0 Å². The summed E-state index contributed by atoms with van der Waals surface area (Å²) < 4.78 is 0. The Morgan fingerprint density at radius 2 is 1.96 bits per heavy atom. The minimum absolute atomic E-state index is 0.0649. The first-order chi connectivity index (χ1) is 12.0. The van der Waals surface area contributed by atoms with Gasteiger partial charge < -0.3 is 10.3 Å². The predicted molar refractivity (Wildman–Crippen MR) is 96.9 cm³/mol. The fourth-order valence-corrected chi connectivity index (χ4v) is 2.65. The van der Waals surface area contributed by atoms with Crippen molar-refractivity contribution in [3.63, 3.8) is 0 Å². The van der Waals surface area contributed by atoms with Crippen LogP contribution in [-0.2, 0) is 12.8 Å². The van der Waals surface area contributed by atoms with E-state index in [9.17, 15) is 9.59 Å². The topological polar surface area (TPSA) is 90.6 Å². The lowest BCUT2D eigenvalue weighted by Crippen LogP contribution is -2.21. The fraction of sp³-hybridized carbons (Fsp3) is 0.211. The molecule has 0 fully saturated rings. The molecule has 0 saturated heterocycles. The number of nitrogens with zero attached hydrogens (tertiary/aromatic N) is 1. The van der Waals surface area contributed by atoms with Gasteiger partial charge in [-0.1, -0.05) is 24.3 Å². The largest absolute Gasteiger partial charge is 0.364 e. The molecule has 2 aromatic heterocycles. The molecule has 0 aliphatic heterocycles. The number of carbonyl (C=O) groups is 1. The molecule has 2 heterocycles. The van der Waals surface area contributed by atoms with Crippen LogP contribution >= 0.6 is 0 Å². The van der Waals surface area contributed by atoms with Crippen molar-refractivity contribution < 1.29 is 4.79 Å². The number of carbonyl (C=O) groups excluding carboxylic acids is 1. The molecule has 128 valence electrons. The van der Waals surface area contributed by atoms with Crippen LogP contribution in [0, 0.1) is 13.8 Å². The Kier molecular flexibility index (Phi) is 4.79. The van der Waals surface area contributed by atoms with Gasteiger partial charge >= 0.3 is 0 Å². The number of nitrogens with one attached hydrogen (secondary N) is 3. The summed E-state index contributed by atoms with van der Waals surface area (Å²) in [5.74, 6) is -0.0667. The van der Waals surface area contributed by atoms with Gasteiger partial charge in [0.25, 0.3) is 5.91 Å². The van der Waals surface area contributed by atoms with Crippen molar-refractivity contribution in [2.75, 3.05) is 5.32 Å². The second-order valence-electron chi connectivity index (χ2n) is 6.05. The van der Waals surface area contributed by atoms with Crippen LogP contribution in [0.2, 0.25) is 0 Å². The molecule has 6 heteroatoms. The molecule has 25 heavy (non-hydrogen) atoms. The zero-order valence-corrected chi connectivity index (χ0v) is 14.2. The lowest BCUT2D eigenvalue weighted by molar-refractivity contribution is 0.102. The molecule has 0 spiro atoms. The van der Waals surface area contributed by atoms with Gasteiger partial charge in [0.1, 0.15) is 5.56 Å². The number of pyridine rings is 1. The van der Waals surface area contributed by atoms with Crippen molar-refractivity contribution in [3.8, 4) is 0 Å². The molecule has 0 aliphatic rings. The number of hydrogen-bond donors (Lipinski definition) is 3. The fourth-order valence-electron chi connectivity index (χ4n) is 2.65. The zero-order chi connectivity index (χ0) is 17.8. The van der Waals surface area contributed by atoms with Gasteiger partial charge in [0.15, 0.2) is 11.2 Å². The van der Waals surface area contributed by atoms with Gasteiger partial charge in [0, 0.05) is 29.7 Å². The summed E-state index contributed by atoms with van der Waals surface area (Å²) in [6, 6.07) is 11.4. The first-order valence-electron chi connectivity index (χ1n) is 8.12. The van der Waals surface area contributed by atoms with Gasteiger partial charge in [-0.05, 0) is 37.8 Å². The van der Waals surface area contributed by atoms with Crippen molar-refractivity contribution in [3.05, 3.63) is 80.9 Å². The van der Waals surface area contributed by atoms with Gasteiger partial charge in [-0.3, -0.25) is 14.7 Å². The lowest BCUT2D eigenvalue weighted by Gasteiger charge is -2.03. The molecule has 1 aromatic carbocycles. The molecule has 6 nitrogen and oxygen atoms in total. The maximum atomic E-state index is 12.2. The number of hydrogen-bond acceptors (Lipinski definition) is 3. The van der Waals surface area contributed by atoms with E-state index in [1.807, 2.05) is 12.1 Å². The molecule has 0 unspecified atom stereocenters. The Bertz CT molecular complexity index is 956. The summed E-state index contributed by atoms with van der Waals surface area (Å²) in [7, 11) is 0. The van der Waals surface area contributed by atoms with E-state index in [2.05, 4.69) is 39.6 Å². The van der Waals surface area contributed by atoms with E-state index in [1.54, 1.807) is 13.0 Å². The quantitative estimate of drug-likeness (QED) is 0.669. The Morgan fingerprint density at radius 3 is 2.72 bits per heavy atom. The SMILES string of the molecule is Cc1cc(=O)c(C(=O)Nc2cc(CCc3ccccc3C)[nH]n2)c[nH]1. The van der Waals surface area contributed by atoms with Crippen LogP contribution in [0.5, 0.6) is 0 Å². The van der Waals surface area contributed by atoms with E-state index in [-0.39, 0.29) is 11.0 Å². The van der Waals surface area contributed by atoms with E-state index in [1.165, 1.54) is 23.4 Å². The molecule has 0 atom stereocenters. The van der Waals surface area contributed by atoms with Gasteiger partial charge in [-0.15, -0.1) is 0 Å². The number of aromatic nitrogens is 3. The smallest absolute Gasteiger partial charge is 0.262 e. The lowest BCUT2D eigenvalue weighted by atomic mass is 10.0. The summed E-state index contributed by atoms with van der Waals surface area (Å²) >= 11 is 0. The number of amides is 1. The first-order valence-corrected chi connectivity index (χ1v) is 8.12.